The van der Waals surface area contributed by atoms with Crippen LogP contribution in [0.25, 0.3) is 0 Å². The van der Waals surface area contributed by atoms with Crippen LogP contribution in [0.1, 0.15) is 36.4 Å². The minimum atomic E-state index is 0.148. The molecule has 1 aromatic rings. The lowest BCUT2D eigenvalue weighted by molar-refractivity contribution is -0.0834. The predicted molar refractivity (Wildman–Crippen MR) is 79.3 cm³/mol. The smallest absolute Gasteiger partial charge is 0.0783 e. The van der Waals surface area contributed by atoms with Crippen molar-refractivity contribution in [3.8, 4) is 0 Å². The van der Waals surface area contributed by atoms with Crippen LogP contribution in [0, 0.1) is 12.8 Å². The topological polar surface area (TPSA) is 35.2 Å². The normalized spacial score (nSPS) is 34.0. The number of nitrogens with two attached hydrogens (primary N) is 1. The second-order valence-corrected chi connectivity index (χ2v) is 7.47. The molecule has 0 aliphatic carbocycles. The van der Waals surface area contributed by atoms with Crippen molar-refractivity contribution in [1.29, 1.82) is 0 Å². The van der Waals surface area contributed by atoms with Crippen molar-refractivity contribution < 1.29 is 4.74 Å². The number of rotatable bonds is 2. The summed E-state index contributed by atoms with van der Waals surface area (Å²) in [5, 5.41) is 4.43. The molecule has 0 amide bonds. The Morgan fingerprint density at radius 1 is 1.50 bits per heavy atom. The minimum Gasteiger partial charge on any atom is -0.374 e. The van der Waals surface area contributed by atoms with E-state index in [4.69, 9.17) is 10.5 Å². The molecule has 2 fully saturated rings. The van der Waals surface area contributed by atoms with E-state index in [9.17, 15) is 0 Å². The maximum Gasteiger partial charge on any atom is 0.0783 e. The Balaban J connectivity index is 1.74. The number of aryl methyl sites for hydroxylation is 1. The Bertz CT molecular complexity index is 412. The summed E-state index contributed by atoms with van der Waals surface area (Å²) in [7, 11) is 0. The van der Waals surface area contributed by atoms with Gasteiger partial charge in [0.15, 0.2) is 0 Å². The zero-order valence-electron chi connectivity index (χ0n) is 10.9. The zero-order chi connectivity index (χ0) is 12.6. The van der Waals surface area contributed by atoms with Gasteiger partial charge in [-0.1, -0.05) is 0 Å². The third-order valence-electron chi connectivity index (χ3n) is 4.36. The quantitative estimate of drug-likeness (QED) is 0.904. The molecule has 3 heterocycles. The fraction of sp³-hybridized carbons (Fsp3) is 0.714. The number of thiophene rings is 1. The Morgan fingerprint density at radius 3 is 3.06 bits per heavy atom. The highest BCUT2D eigenvalue weighted by Crippen LogP contribution is 2.43. The second-order valence-electron chi connectivity index (χ2n) is 5.62. The summed E-state index contributed by atoms with van der Waals surface area (Å²) in [6.45, 7) is 3.06. The highest BCUT2D eigenvalue weighted by atomic mass is 32.2. The van der Waals surface area contributed by atoms with Gasteiger partial charge in [0.1, 0.15) is 0 Å². The summed E-state index contributed by atoms with van der Waals surface area (Å²) >= 11 is 3.80. The van der Waals surface area contributed by atoms with Crippen molar-refractivity contribution in [2.24, 2.45) is 11.7 Å². The molecule has 1 spiro atoms. The van der Waals surface area contributed by atoms with Crippen LogP contribution < -0.4 is 5.73 Å². The maximum atomic E-state index is 6.51. The van der Waals surface area contributed by atoms with Gasteiger partial charge in [-0.2, -0.15) is 23.1 Å². The molecule has 2 aliphatic rings. The molecule has 4 heteroatoms. The van der Waals surface area contributed by atoms with Crippen LogP contribution in [0.2, 0.25) is 0 Å². The summed E-state index contributed by atoms with van der Waals surface area (Å²) in [6.07, 6.45) is 3.48. The van der Waals surface area contributed by atoms with Crippen LogP contribution in [0.5, 0.6) is 0 Å². The monoisotopic (exact) mass is 283 g/mol. The summed E-state index contributed by atoms with van der Waals surface area (Å²) in [6, 6.07) is 0.197. The fourth-order valence-electron chi connectivity index (χ4n) is 3.20. The lowest BCUT2D eigenvalue weighted by Crippen LogP contribution is -2.42. The van der Waals surface area contributed by atoms with Crippen LogP contribution in [0.15, 0.2) is 10.8 Å². The molecule has 3 rings (SSSR count). The molecule has 2 saturated heterocycles. The first-order valence-electron chi connectivity index (χ1n) is 6.70. The van der Waals surface area contributed by atoms with Crippen LogP contribution in [0.4, 0.5) is 0 Å². The average molecular weight is 283 g/mol. The molecule has 3 atom stereocenters. The SMILES string of the molecule is Cc1cscc1C(N)C1CCOC2(CCSC2)C1. The molecule has 2 aliphatic heterocycles. The number of hydrogen-bond acceptors (Lipinski definition) is 4. The Kier molecular flexibility index (Phi) is 3.72. The van der Waals surface area contributed by atoms with Gasteiger partial charge in [0.05, 0.1) is 5.60 Å². The molecule has 0 bridgehead atoms. The van der Waals surface area contributed by atoms with Crippen molar-refractivity contribution in [1.82, 2.24) is 0 Å². The van der Waals surface area contributed by atoms with Gasteiger partial charge in [-0.05, 0) is 59.7 Å². The number of hydrogen-bond donors (Lipinski definition) is 1. The van der Waals surface area contributed by atoms with Crippen molar-refractivity contribution in [3.63, 3.8) is 0 Å². The molecule has 3 unspecified atom stereocenters. The zero-order valence-corrected chi connectivity index (χ0v) is 12.5. The average Bonchev–Trinajstić information content (AvgIpc) is 2.98. The Hall–Kier alpha value is -0.0300. The van der Waals surface area contributed by atoms with Gasteiger partial charge < -0.3 is 10.5 Å². The van der Waals surface area contributed by atoms with E-state index in [0.717, 1.165) is 19.4 Å². The third kappa shape index (κ3) is 2.36. The van der Waals surface area contributed by atoms with E-state index in [1.807, 2.05) is 11.8 Å². The van der Waals surface area contributed by atoms with E-state index in [-0.39, 0.29) is 11.6 Å². The van der Waals surface area contributed by atoms with Crippen LogP contribution in [-0.4, -0.2) is 23.7 Å². The van der Waals surface area contributed by atoms with E-state index in [1.54, 1.807) is 11.3 Å². The highest BCUT2D eigenvalue weighted by molar-refractivity contribution is 7.99. The predicted octanol–water partition coefficient (Wildman–Crippen LogP) is 3.36. The number of ether oxygens (including phenoxy) is 1. The Morgan fingerprint density at radius 2 is 2.39 bits per heavy atom. The van der Waals surface area contributed by atoms with Crippen molar-refractivity contribution in [2.75, 3.05) is 18.1 Å². The summed E-state index contributed by atoms with van der Waals surface area (Å²) < 4.78 is 6.08. The van der Waals surface area contributed by atoms with Gasteiger partial charge in [-0.25, -0.2) is 0 Å². The van der Waals surface area contributed by atoms with E-state index in [2.05, 4.69) is 17.7 Å². The van der Waals surface area contributed by atoms with Gasteiger partial charge in [-0.15, -0.1) is 0 Å². The molecule has 100 valence electrons. The standard InChI is InChI=1S/C14H21NOS2/c1-10-7-18-8-12(10)13(15)11-2-4-16-14(6-11)3-5-17-9-14/h7-8,11,13H,2-6,9,15H2,1H3. The first-order valence-corrected chi connectivity index (χ1v) is 8.80. The summed E-state index contributed by atoms with van der Waals surface area (Å²) in [5.41, 5.74) is 9.37. The van der Waals surface area contributed by atoms with Crippen LogP contribution in [-0.2, 0) is 4.74 Å². The van der Waals surface area contributed by atoms with Crippen molar-refractivity contribution in [2.45, 2.75) is 37.8 Å². The molecule has 18 heavy (non-hydrogen) atoms. The molecular weight excluding hydrogens is 262 g/mol. The highest BCUT2D eigenvalue weighted by Gasteiger charge is 2.42. The van der Waals surface area contributed by atoms with Crippen molar-refractivity contribution in [3.05, 3.63) is 21.9 Å². The molecule has 2 N–H and O–H groups in total. The van der Waals surface area contributed by atoms with Gasteiger partial charge in [-0.3, -0.25) is 0 Å². The van der Waals surface area contributed by atoms with Crippen LogP contribution in [0.3, 0.4) is 0 Å². The molecule has 0 radical (unpaired) electrons. The third-order valence-corrected chi connectivity index (χ3v) is 6.46. The summed E-state index contributed by atoms with van der Waals surface area (Å²) in [5.74, 6) is 3.00. The maximum absolute atomic E-state index is 6.51. The van der Waals surface area contributed by atoms with Gasteiger partial charge in [0.2, 0.25) is 0 Å². The molecule has 2 nitrogen and oxygen atoms in total. The summed E-state index contributed by atoms with van der Waals surface area (Å²) in [4.78, 5) is 0. The molecular formula is C14H21NOS2. The first-order chi connectivity index (χ1) is 8.70. The largest absolute Gasteiger partial charge is 0.374 e. The second kappa shape index (κ2) is 5.16. The van der Waals surface area contributed by atoms with E-state index < -0.39 is 0 Å². The Labute approximate surface area is 117 Å². The van der Waals surface area contributed by atoms with E-state index in [0.29, 0.717) is 5.92 Å². The molecule has 1 aromatic heterocycles. The van der Waals surface area contributed by atoms with E-state index >= 15 is 0 Å². The van der Waals surface area contributed by atoms with Crippen LogP contribution >= 0.6 is 23.1 Å². The van der Waals surface area contributed by atoms with Crippen molar-refractivity contribution >= 4 is 23.1 Å². The minimum absolute atomic E-state index is 0.148. The number of thioether (sulfide) groups is 1. The first kappa shape index (κ1) is 13.0. The molecule has 0 saturated carbocycles. The molecule has 0 aromatic carbocycles. The van der Waals surface area contributed by atoms with Gasteiger partial charge in [0.25, 0.3) is 0 Å². The van der Waals surface area contributed by atoms with E-state index in [1.165, 1.54) is 29.1 Å². The fourth-order valence-corrected chi connectivity index (χ4v) is 5.48. The van der Waals surface area contributed by atoms with Gasteiger partial charge >= 0.3 is 0 Å². The lowest BCUT2D eigenvalue weighted by Gasteiger charge is -2.40. The van der Waals surface area contributed by atoms with Gasteiger partial charge in [0, 0.05) is 18.4 Å². The lowest BCUT2D eigenvalue weighted by atomic mass is 9.79.